The summed E-state index contributed by atoms with van der Waals surface area (Å²) in [4.78, 5) is 30.7. The second-order valence-corrected chi connectivity index (χ2v) is 14.5. The summed E-state index contributed by atoms with van der Waals surface area (Å²) in [6.07, 6.45) is 5.85. The summed E-state index contributed by atoms with van der Waals surface area (Å²) < 4.78 is 12.6. The molecule has 3 aliphatic rings. The van der Waals surface area contributed by atoms with Gasteiger partial charge in [0.25, 0.3) is 0 Å². The first-order chi connectivity index (χ1) is 20.9. The van der Waals surface area contributed by atoms with E-state index >= 15 is 0 Å². The SMILES string of the molecule is C=CCc1cc(C2C3=C(CC(C)(C)CC3=O)N(CCC)C3=C2C(=O)CC(C)(C)C3)cc(OCC)c1OCc1cccc(Cl)c1. The highest BCUT2D eigenvalue weighted by Gasteiger charge is 2.49. The van der Waals surface area contributed by atoms with Gasteiger partial charge in [-0.2, -0.15) is 0 Å². The fourth-order valence-electron chi connectivity index (χ4n) is 7.24. The van der Waals surface area contributed by atoms with Crippen LogP contribution in [-0.2, 0) is 22.6 Å². The topological polar surface area (TPSA) is 55.8 Å². The number of hydrogen-bond acceptors (Lipinski definition) is 5. The lowest BCUT2D eigenvalue weighted by Crippen LogP contribution is -2.44. The maximum Gasteiger partial charge on any atom is 0.165 e. The van der Waals surface area contributed by atoms with Gasteiger partial charge in [0.2, 0.25) is 0 Å². The number of hydrogen-bond donors (Lipinski definition) is 0. The van der Waals surface area contributed by atoms with Gasteiger partial charge in [-0.1, -0.05) is 70.5 Å². The first kappa shape index (κ1) is 32.1. The normalized spacial score (nSPS) is 19.6. The Kier molecular flexibility index (Phi) is 9.18. The van der Waals surface area contributed by atoms with Crippen LogP contribution in [-0.4, -0.2) is 29.6 Å². The molecule has 2 aromatic carbocycles. The molecule has 0 bridgehead atoms. The Morgan fingerprint density at radius 1 is 0.932 bits per heavy atom. The van der Waals surface area contributed by atoms with E-state index in [1.807, 2.05) is 43.3 Å². The van der Waals surface area contributed by atoms with E-state index in [0.717, 1.165) is 65.0 Å². The summed E-state index contributed by atoms with van der Waals surface area (Å²) >= 11 is 6.24. The van der Waals surface area contributed by atoms with Crippen molar-refractivity contribution in [1.29, 1.82) is 0 Å². The summed E-state index contributed by atoms with van der Waals surface area (Å²) in [6.45, 7) is 18.4. The molecule has 1 heterocycles. The molecule has 0 aromatic heterocycles. The second kappa shape index (κ2) is 12.6. The number of halogens is 1. The highest BCUT2D eigenvalue weighted by atomic mass is 35.5. The van der Waals surface area contributed by atoms with Crippen LogP contribution in [0.3, 0.4) is 0 Å². The lowest BCUT2D eigenvalue weighted by atomic mass is 9.63. The first-order valence-corrected chi connectivity index (χ1v) is 16.3. The number of rotatable bonds is 10. The highest BCUT2D eigenvalue weighted by molar-refractivity contribution is 6.30. The van der Waals surface area contributed by atoms with Gasteiger partial charge in [0.1, 0.15) is 6.61 Å². The molecule has 5 rings (SSSR count). The average Bonchev–Trinajstić information content (AvgIpc) is 2.92. The van der Waals surface area contributed by atoms with E-state index in [0.29, 0.717) is 49.0 Å². The van der Waals surface area contributed by atoms with E-state index in [4.69, 9.17) is 21.1 Å². The maximum atomic E-state index is 14.2. The van der Waals surface area contributed by atoms with Crippen molar-refractivity contribution in [2.24, 2.45) is 10.8 Å². The van der Waals surface area contributed by atoms with E-state index in [2.05, 4.69) is 52.2 Å². The molecule has 0 fully saturated rings. The van der Waals surface area contributed by atoms with Gasteiger partial charge in [-0.3, -0.25) is 9.59 Å². The van der Waals surface area contributed by atoms with E-state index in [-0.39, 0.29) is 22.4 Å². The van der Waals surface area contributed by atoms with Crippen molar-refractivity contribution in [3.63, 3.8) is 0 Å². The predicted octanol–water partition coefficient (Wildman–Crippen LogP) is 9.14. The van der Waals surface area contributed by atoms with Gasteiger partial charge < -0.3 is 14.4 Å². The number of Topliss-reactive ketones (excluding diaryl/α,β-unsaturated/α-hetero) is 2. The molecule has 1 aliphatic heterocycles. The molecule has 0 spiro atoms. The van der Waals surface area contributed by atoms with Gasteiger partial charge >= 0.3 is 0 Å². The van der Waals surface area contributed by atoms with Crippen LogP contribution in [0.4, 0.5) is 0 Å². The third-order valence-corrected chi connectivity index (χ3v) is 9.13. The molecule has 0 atom stereocenters. The van der Waals surface area contributed by atoms with Gasteiger partial charge in [0, 0.05) is 58.4 Å². The predicted molar refractivity (Wildman–Crippen MR) is 177 cm³/mol. The minimum Gasteiger partial charge on any atom is -0.490 e. The molecule has 0 radical (unpaired) electrons. The second-order valence-electron chi connectivity index (χ2n) is 14.0. The fourth-order valence-corrected chi connectivity index (χ4v) is 7.45. The van der Waals surface area contributed by atoms with E-state index in [1.165, 1.54) is 0 Å². The standard InChI is InChI=1S/C38H46ClNO4/c1-8-12-25-17-26(18-32(43-10-3)36(25)44-23-24-13-11-14-27(39)16-24)33-34-28(19-37(4,5)21-30(34)41)40(15-9-2)29-20-38(6,7)22-31(42)35(29)33/h8,11,13-14,16-18,33H,1,9-10,12,15,19-23H2,2-7H3. The molecule has 6 heteroatoms. The van der Waals surface area contributed by atoms with Crippen molar-refractivity contribution in [2.75, 3.05) is 13.2 Å². The summed E-state index contributed by atoms with van der Waals surface area (Å²) in [7, 11) is 0. The third-order valence-electron chi connectivity index (χ3n) is 8.89. The monoisotopic (exact) mass is 615 g/mol. The first-order valence-electron chi connectivity index (χ1n) is 16.0. The van der Waals surface area contributed by atoms with Crippen molar-refractivity contribution in [1.82, 2.24) is 4.90 Å². The minimum absolute atomic E-state index is 0.135. The van der Waals surface area contributed by atoms with E-state index < -0.39 is 5.92 Å². The summed E-state index contributed by atoms with van der Waals surface area (Å²) in [6, 6.07) is 11.7. The van der Waals surface area contributed by atoms with Crippen LogP contribution in [0, 0.1) is 10.8 Å². The number of nitrogens with zero attached hydrogens (tertiary/aromatic N) is 1. The molecule has 44 heavy (non-hydrogen) atoms. The molecular formula is C38H46ClNO4. The zero-order valence-corrected chi connectivity index (χ0v) is 27.9. The third kappa shape index (κ3) is 6.40. The van der Waals surface area contributed by atoms with Gasteiger partial charge in [-0.15, -0.1) is 6.58 Å². The lowest BCUT2D eigenvalue weighted by Gasteiger charge is -2.49. The summed E-state index contributed by atoms with van der Waals surface area (Å²) in [5.41, 5.74) is 6.20. The van der Waals surface area contributed by atoms with Gasteiger partial charge in [-0.25, -0.2) is 0 Å². The van der Waals surface area contributed by atoms with Crippen LogP contribution in [0.25, 0.3) is 0 Å². The van der Waals surface area contributed by atoms with E-state index in [9.17, 15) is 9.59 Å². The maximum absolute atomic E-state index is 14.2. The molecule has 234 valence electrons. The fraction of sp³-hybridized carbons (Fsp3) is 0.474. The highest BCUT2D eigenvalue weighted by Crippen LogP contribution is 2.55. The van der Waals surface area contributed by atoms with Crippen molar-refractivity contribution < 1.29 is 19.1 Å². The number of carbonyl (C=O) groups excluding carboxylic acids is 2. The minimum atomic E-state index is -0.440. The Hall–Kier alpha value is -3.31. The van der Waals surface area contributed by atoms with Gasteiger partial charge in [-0.05, 0) is 72.8 Å². The molecule has 0 unspecified atom stereocenters. The molecule has 0 N–H and O–H groups in total. The van der Waals surface area contributed by atoms with Crippen molar-refractivity contribution in [3.05, 3.63) is 93.3 Å². The Morgan fingerprint density at radius 3 is 2.11 bits per heavy atom. The van der Waals surface area contributed by atoms with Crippen LogP contribution in [0.15, 0.2) is 71.6 Å². The number of ketones is 2. The van der Waals surface area contributed by atoms with Crippen molar-refractivity contribution in [2.45, 2.75) is 92.6 Å². The largest absolute Gasteiger partial charge is 0.490 e. The Bertz CT molecular complexity index is 1490. The van der Waals surface area contributed by atoms with Crippen LogP contribution >= 0.6 is 11.6 Å². The number of carbonyl (C=O) groups is 2. The quantitative estimate of drug-likeness (QED) is 0.249. The van der Waals surface area contributed by atoms with Crippen molar-refractivity contribution in [3.8, 4) is 11.5 Å². The Balaban J connectivity index is 1.71. The zero-order chi connectivity index (χ0) is 31.8. The van der Waals surface area contributed by atoms with Crippen LogP contribution in [0.2, 0.25) is 5.02 Å². The average molecular weight is 616 g/mol. The summed E-state index contributed by atoms with van der Waals surface area (Å²) in [5, 5.41) is 0.654. The molecule has 5 nitrogen and oxygen atoms in total. The van der Waals surface area contributed by atoms with Crippen LogP contribution in [0.5, 0.6) is 11.5 Å². The molecule has 0 saturated carbocycles. The van der Waals surface area contributed by atoms with Crippen molar-refractivity contribution >= 4 is 23.2 Å². The Labute approximate surface area is 268 Å². The van der Waals surface area contributed by atoms with Crippen LogP contribution < -0.4 is 9.47 Å². The molecule has 0 amide bonds. The summed E-state index contributed by atoms with van der Waals surface area (Å²) in [5.74, 6) is 1.09. The lowest BCUT2D eigenvalue weighted by molar-refractivity contribution is -0.119. The smallest absolute Gasteiger partial charge is 0.165 e. The van der Waals surface area contributed by atoms with Gasteiger partial charge in [0.05, 0.1) is 6.61 Å². The van der Waals surface area contributed by atoms with Gasteiger partial charge in [0.15, 0.2) is 23.1 Å². The molecular weight excluding hydrogens is 570 g/mol. The number of benzene rings is 2. The molecule has 2 aromatic rings. The van der Waals surface area contributed by atoms with E-state index in [1.54, 1.807) is 0 Å². The zero-order valence-electron chi connectivity index (χ0n) is 27.1. The number of allylic oxidation sites excluding steroid dienone is 5. The molecule has 0 saturated heterocycles. The molecule has 2 aliphatic carbocycles. The number of ether oxygens (including phenoxy) is 2. The van der Waals surface area contributed by atoms with Crippen LogP contribution in [0.1, 0.15) is 96.3 Å². The Morgan fingerprint density at radius 2 is 1.57 bits per heavy atom.